The molecule has 0 amide bonds. The maximum absolute atomic E-state index is 5.76. The molecule has 2 aliphatic carbocycles. The summed E-state index contributed by atoms with van der Waals surface area (Å²) in [6.07, 6.45) is 14.3. The van der Waals surface area contributed by atoms with E-state index in [-0.39, 0.29) is 0 Å². The molecule has 2 aliphatic rings. The first kappa shape index (κ1) is 14.8. The van der Waals surface area contributed by atoms with Gasteiger partial charge in [0.05, 0.1) is 0 Å². The molecule has 1 aromatic rings. The van der Waals surface area contributed by atoms with Crippen molar-refractivity contribution in [2.75, 3.05) is 18.0 Å². The number of nitrogens with zero attached hydrogens (tertiary/aromatic N) is 3. The maximum Gasteiger partial charge on any atom is 0.135 e. The summed E-state index contributed by atoms with van der Waals surface area (Å²) in [4.78, 5) is 11.8. The zero-order chi connectivity index (χ0) is 14.5. The Balaban J connectivity index is 1.90. The van der Waals surface area contributed by atoms with Crippen molar-refractivity contribution in [3.63, 3.8) is 0 Å². The van der Waals surface area contributed by atoms with E-state index in [0.717, 1.165) is 32.4 Å². The second-order valence-corrected chi connectivity index (χ2v) is 6.46. The third-order valence-electron chi connectivity index (χ3n) is 4.99. The van der Waals surface area contributed by atoms with Crippen LogP contribution in [-0.2, 0) is 12.8 Å². The van der Waals surface area contributed by atoms with Crippen LogP contribution in [0.1, 0.15) is 62.6 Å². The van der Waals surface area contributed by atoms with Crippen molar-refractivity contribution in [1.29, 1.82) is 0 Å². The fourth-order valence-electron chi connectivity index (χ4n) is 3.87. The van der Waals surface area contributed by atoms with Crippen LogP contribution in [0.15, 0.2) is 6.33 Å². The molecular formula is C17H28N4. The Morgan fingerprint density at radius 3 is 2.67 bits per heavy atom. The van der Waals surface area contributed by atoms with Crippen LogP contribution in [0.5, 0.6) is 0 Å². The second kappa shape index (κ2) is 7.21. The highest BCUT2D eigenvalue weighted by Crippen LogP contribution is 2.32. The van der Waals surface area contributed by atoms with Crippen LogP contribution >= 0.6 is 0 Å². The molecule has 1 fully saturated rings. The highest BCUT2D eigenvalue weighted by Gasteiger charge is 2.26. The van der Waals surface area contributed by atoms with Gasteiger partial charge in [-0.15, -0.1) is 0 Å². The van der Waals surface area contributed by atoms with E-state index in [1.165, 1.54) is 62.0 Å². The van der Waals surface area contributed by atoms with Crippen molar-refractivity contribution in [2.24, 2.45) is 5.73 Å². The number of nitrogens with two attached hydrogens (primary N) is 1. The van der Waals surface area contributed by atoms with Gasteiger partial charge in [-0.25, -0.2) is 9.97 Å². The Labute approximate surface area is 128 Å². The fraction of sp³-hybridized carbons (Fsp3) is 0.765. The summed E-state index contributed by atoms with van der Waals surface area (Å²) in [6.45, 7) is 1.81. The van der Waals surface area contributed by atoms with E-state index in [1.54, 1.807) is 6.33 Å². The van der Waals surface area contributed by atoms with Crippen molar-refractivity contribution in [3.05, 3.63) is 17.6 Å². The van der Waals surface area contributed by atoms with Gasteiger partial charge >= 0.3 is 0 Å². The molecule has 4 nitrogen and oxygen atoms in total. The van der Waals surface area contributed by atoms with Gasteiger partial charge in [-0.2, -0.15) is 0 Å². The summed E-state index contributed by atoms with van der Waals surface area (Å²) in [5, 5.41) is 0. The number of aryl methyl sites for hydroxylation is 1. The summed E-state index contributed by atoms with van der Waals surface area (Å²) in [5.41, 5.74) is 8.49. The van der Waals surface area contributed by atoms with E-state index in [0.29, 0.717) is 6.04 Å². The number of anilines is 1. The smallest absolute Gasteiger partial charge is 0.135 e. The summed E-state index contributed by atoms with van der Waals surface area (Å²) in [7, 11) is 0. The molecule has 1 aromatic heterocycles. The predicted molar refractivity (Wildman–Crippen MR) is 86.6 cm³/mol. The summed E-state index contributed by atoms with van der Waals surface area (Å²) in [6, 6.07) is 0.666. The molecule has 1 heterocycles. The zero-order valence-corrected chi connectivity index (χ0v) is 13.1. The third kappa shape index (κ3) is 3.37. The molecule has 0 unspecified atom stereocenters. The van der Waals surface area contributed by atoms with Gasteiger partial charge in [0.1, 0.15) is 12.1 Å². The third-order valence-corrected chi connectivity index (χ3v) is 4.99. The molecule has 21 heavy (non-hydrogen) atoms. The van der Waals surface area contributed by atoms with Crippen LogP contribution in [0, 0.1) is 0 Å². The second-order valence-electron chi connectivity index (χ2n) is 6.46. The van der Waals surface area contributed by atoms with Crippen LogP contribution in [0.4, 0.5) is 5.82 Å². The molecule has 2 N–H and O–H groups in total. The lowest BCUT2D eigenvalue weighted by atomic mass is 10.1. The van der Waals surface area contributed by atoms with E-state index in [2.05, 4.69) is 9.88 Å². The first-order chi connectivity index (χ1) is 10.4. The molecule has 0 saturated heterocycles. The number of aromatic nitrogens is 2. The van der Waals surface area contributed by atoms with Gasteiger partial charge in [0.25, 0.3) is 0 Å². The molecular weight excluding hydrogens is 260 g/mol. The van der Waals surface area contributed by atoms with E-state index < -0.39 is 0 Å². The van der Waals surface area contributed by atoms with Crippen molar-refractivity contribution in [3.8, 4) is 0 Å². The minimum absolute atomic E-state index is 0.666. The fourth-order valence-corrected chi connectivity index (χ4v) is 3.87. The summed E-state index contributed by atoms with van der Waals surface area (Å²) in [5.74, 6) is 1.22. The van der Waals surface area contributed by atoms with Gasteiger partial charge in [0, 0.05) is 23.8 Å². The Morgan fingerprint density at radius 2 is 1.86 bits per heavy atom. The van der Waals surface area contributed by atoms with Crippen LogP contribution in [-0.4, -0.2) is 29.1 Å². The van der Waals surface area contributed by atoms with Gasteiger partial charge in [0.2, 0.25) is 0 Å². The van der Waals surface area contributed by atoms with E-state index in [4.69, 9.17) is 10.7 Å². The SMILES string of the molecule is NCCCN(c1ncnc2c1CCCCC2)C1CCCC1. The topological polar surface area (TPSA) is 55.0 Å². The maximum atomic E-state index is 5.76. The largest absolute Gasteiger partial charge is 0.353 e. The van der Waals surface area contributed by atoms with Crippen molar-refractivity contribution in [1.82, 2.24) is 9.97 Å². The minimum atomic E-state index is 0.666. The van der Waals surface area contributed by atoms with Crippen molar-refractivity contribution >= 4 is 5.82 Å². The van der Waals surface area contributed by atoms with Gasteiger partial charge in [-0.1, -0.05) is 19.3 Å². The van der Waals surface area contributed by atoms with Gasteiger partial charge in [-0.05, 0) is 51.5 Å². The lowest BCUT2D eigenvalue weighted by Crippen LogP contribution is -2.36. The van der Waals surface area contributed by atoms with Crippen LogP contribution in [0.25, 0.3) is 0 Å². The van der Waals surface area contributed by atoms with Gasteiger partial charge in [0.15, 0.2) is 0 Å². The quantitative estimate of drug-likeness (QED) is 0.847. The van der Waals surface area contributed by atoms with Crippen molar-refractivity contribution < 1.29 is 0 Å². The monoisotopic (exact) mass is 288 g/mol. The minimum Gasteiger partial charge on any atom is -0.353 e. The highest BCUT2D eigenvalue weighted by atomic mass is 15.2. The van der Waals surface area contributed by atoms with E-state index >= 15 is 0 Å². The molecule has 116 valence electrons. The molecule has 0 atom stereocenters. The lowest BCUT2D eigenvalue weighted by Gasteiger charge is -2.32. The van der Waals surface area contributed by atoms with E-state index in [9.17, 15) is 0 Å². The average molecular weight is 288 g/mol. The number of hydrogen-bond acceptors (Lipinski definition) is 4. The molecule has 3 rings (SSSR count). The normalized spacial score (nSPS) is 19.3. The van der Waals surface area contributed by atoms with Crippen LogP contribution < -0.4 is 10.6 Å². The van der Waals surface area contributed by atoms with E-state index in [1.807, 2.05) is 0 Å². The standard InChI is InChI=1S/C17H28N4/c18-11-6-12-21(14-7-4-5-8-14)17-15-9-2-1-3-10-16(15)19-13-20-17/h13-14H,1-12,18H2. The zero-order valence-electron chi connectivity index (χ0n) is 13.1. The van der Waals surface area contributed by atoms with Crippen molar-refractivity contribution in [2.45, 2.75) is 70.3 Å². The summed E-state index contributed by atoms with van der Waals surface area (Å²) >= 11 is 0. The van der Waals surface area contributed by atoms with Gasteiger partial charge in [-0.3, -0.25) is 0 Å². The molecule has 0 aliphatic heterocycles. The molecule has 0 bridgehead atoms. The molecule has 4 heteroatoms. The Morgan fingerprint density at radius 1 is 1.05 bits per heavy atom. The van der Waals surface area contributed by atoms with Crippen LogP contribution in [0.2, 0.25) is 0 Å². The Bertz CT molecular complexity index is 454. The number of rotatable bonds is 5. The van der Waals surface area contributed by atoms with Crippen LogP contribution in [0.3, 0.4) is 0 Å². The first-order valence-electron chi connectivity index (χ1n) is 8.69. The number of hydrogen-bond donors (Lipinski definition) is 1. The molecule has 1 saturated carbocycles. The Hall–Kier alpha value is -1.16. The molecule has 0 aromatic carbocycles. The first-order valence-corrected chi connectivity index (χ1v) is 8.69. The average Bonchev–Trinajstić information content (AvgIpc) is 2.92. The molecule has 0 spiro atoms. The lowest BCUT2D eigenvalue weighted by molar-refractivity contribution is 0.582. The molecule has 0 radical (unpaired) electrons. The van der Waals surface area contributed by atoms with Gasteiger partial charge < -0.3 is 10.6 Å². The summed E-state index contributed by atoms with van der Waals surface area (Å²) < 4.78 is 0. The number of fused-ring (bicyclic) bond motifs is 1. The Kier molecular flexibility index (Phi) is 5.07. The highest BCUT2D eigenvalue weighted by molar-refractivity contribution is 5.50. The predicted octanol–water partition coefficient (Wildman–Crippen LogP) is 2.84.